The molecule has 0 bridgehead atoms. The lowest BCUT2D eigenvalue weighted by Crippen LogP contribution is -2.49. The van der Waals surface area contributed by atoms with Crippen LogP contribution < -0.4 is 5.32 Å². The van der Waals surface area contributed by atoms with Crippen LogP contribution in [-0.4, -0.2) is 12.5 Å². The lowest BCUT2D eigenvalue weighted by atomic mass is 9.64. The predicted octanol–water partition coefficient (Wildman–Crippen LogP) is 3.29. The Bertz CT molecular complexity index is 395. The van der Waals surface area contributed by atoms with Crippen LogP contribution in [0.5, 0.6) is 0 Å². The maximum absolute atomic E-state index is 12.2. The summed E-state index contributed by atoms with van der Waals surface area (Å²) in [6, 6.07) is 7.69. The van der Waals surface area contributed by atoms with Gasteiger partial charge in [-0.05, 0) is 37.0 Å². The van der Waals surface area contributed by atoms with Crippen molar-refractivity contribution in [3.8, 4) is 0 Å². The molecular formula is C14H18ClNO. The molecule has 1 aromatic carbocycles. The van der Waals surface area contributed by atoms with Crippen LogP contribution in [0.15, 0.2) is 24.3 Å². The molecule has 0 unspecified atom stereocenters. The Balaban J connectivity index is 2.19. The first kappa shape index (κ1) is 12.4. The van der Waals surface area contributed by atoms with Crippen molar-refractivity contribution in [2.75, 3.05) is 6.54 Å². The maximum atomic E-state index is 12.2. The quantitative estimate of drug-likeness (QED) is 0.874. The van der Waals surface area contributed by atoms with Crippen molar-refractivity contribution in [2.45, 2.75) is 38.0 Å². The molecule has 0 atom stereocenters. The molecule has 0 aliphatic heterocycles. The van der Waals surface area contributed by atoms with Gasteiger partial charge in [-0.15, -0.1) is 0 Å². The number of amides is 1. The summed E-state index contributed by atoms with van der Waals surface area (Å²) in [5.74, 6) is 0.174. The van der Waals surface area contributed by atoms with Crippen LogP contribution in [-0.2, 0) is 10.2 Å². The summed E-state index contributed by atoms with van der Waals surface area (Å²) < 4.78 is 0. The molecule has 0 saturated heterocycles. The highest BCUT2D eigenvalue weighted by Crippen LogP contribution is 2.44. The summed E-state index contributed by atoms with van der Waals surface area (Å²) >= 11 is 5.89. The van der Waals surface area contributed by atoms with Crippen LogP contribution in [0, 0.1) is 0 Å². The van der Waals surface area contributed by atoms with Gasteiger partial charge in [0.25, 0.3) is 0 Å². The molecule has 0 spiro atoms. The Hall–Kier alpha value is -1.02. The minimum Gasteiger partial charge on any atom is -0.355 e. The second-order valence-corrected chi connectivity index (χ2v) is 5.13. The Kier molecular flexibility index (Phi) is 3.72. The van der Waals surface area contributed by atoms with Crippen LogP contribution >= 0.6 is 11.6 Å². The van der Waals surface area contributed by atoms with E-state index >= 15 is 0 Å². The molecule has 1 aliphatic carbocycles. The molecule has 2 rings (SSSR count). The van der Waals surface area contributed by atoms with Crippen molar-refractivity contribution in [3.05, 3.63) is 34.9 Å². The average Bonchev–Trinajstić information content (AvgIpc) is 2.27. The van der Waals surface area contributed by atoms with Gasteiger partial charge in [-0.1, -0.05) is 37.1 Å². The summed E-state index contributed by atoms with van der Waals surface area (Å²) in [5.41, 5.74) is 0.807. The zero-order chi connectivity index (χ0) is 12.3. The normalized spacial score (nSPS) is 17.3. The lowest BCUT2D eigenvalue weighted by Gasteiger charge is -2.40. The van der Waals surface area contributed by atoms with E-state index in [1.54, 1.807) is 0 Å². The minimum atomic E-state index is -0.292. The SMILES string of the molecule is CCCNC(=O)C1(c2ccc(Cl)cc2)CCC1. The first-order valence-electron chi connectivity index (χ1n) is 6.23. The van der Waals surface area contributed by atoms with E-state index in [2.05, 4.69) is 12.2 Å². The molecule has 1 amide bonds. The van der Waals surface area contributed by atoms with Crippen molar-refractivity contribution in [1.29, 1.82) is 0 Å². The van der Waals surface area contributed by atoms with E-state index in [0.29, 0.717) is 0 Å². The van der Waals surface area contributed by atoms with E-state index in [-0.39, 0.29) is 11.3 Å². The first-order valence-corrected chi connectivity index (χ1v) is 6.61. The highest BCUT2D eigenvalue weighted by molar-refractivity contribution is 6.30. The van der Waals surface area contributed by atoms with Crippen LogP contribution in [0.25, 0.3) is 0 Å². The molecule has 0 radical (unpaired) electrons. The van der Waals surface area contributed by atoms with Crippen LogP contribution in [0.2, 0.25) is 5.02 Å². The summed E-state index contributed by atoms with van der Waals surface area (Å²) in [6.45, 7) is 2.82. The topological polar surface area (TPSA) is 29.1 Å². The number of rotatable bonds is 4. The van der Waals surface area contributed by atoms with Gasteiger partial charge >= 0.3 is 0 Å². The van der Waals surface area contributed by atoms with Crippen molar-refractivity contribution < 1.29 is 4.79 Å². The largest absolute Gasteiger partial charge is 0.355 e. The van der Waals surface area contributed by atoms with E-state index in [9.17, 15) is 4.79 Å². The third-order valence-electron chi connectivity index (χ3n) is 3.57. The van der Waals surface area contributed by atoms with Crippen molar-refractivity contribution in [2.24, 2.45) is 0 Å². The maximum Gasteiger partial charge on any atom is 0.230 e. The van der Waals surface area contributed by atoms with E-state index in [4.69, 9.17) is 11.6 Å². The Morgan fingerprint density at radius 2 is 2.00 bits per heavy atom. The number of hydrogen-bond acceptors (Lipinski definition) is 1. The van der Waals surface area contributed by atoms with E-state index in [1.165, 1.54) is 0 Å². The van der Waals surface area contributed by atoms with Gasteiger partial charge in [-0.3, -0.25) is 4.79 Å². The second kappa shape index (κ2) is 5.09. The minimum absolute atomic E-state index is 0.174. The smallest absolute Gasteiger partial charge is 0.230 e. The highest BCUT2D eigenvalue weighted by atomic mass is 35.5. The Labute approximate surface area is 107 Å². The average molecular weight is 252 g/mol. The van der Waals surface area contributed by atoms with Gasteiger partial charge in [0.15, 0.2) is 0 Å². The fourth-order valence-electron chi connectivity index (χ4n) is 2.35. The third-order valence-corrected chi connectivity index (χ3v) is 3.83. The molecule has 17 heavy (non-hydrogen) atoms. The molecule has 1 N–H and O–H groups in total. The Morgan fingerprint density at radius 1 is 1.35 bits per heavy atom. The van der Waals surface area contributed by atoms with Crippen molar-refractivity contribution >= 4 is 17.5 Å². The number of nitrogens with one attached hydrogen (secondary N) is 1. The number of hydrogen-bond donors (Lipinski definition) is 1. The van der Waals surface area contributed by atoms with E-state index in [0.717, 1.165) is 42.8 Å². The van der Waals surface area contributed by atoms with E-state index < -0.39 is 0 Å². The summed E-state index contributed by atoms with van der Waals surface area (Å²) in [6.07, 6.45) is 4.00. The molecule has 3 heteroatoms. The van der Waals surface area contributed by atoms with Crippen LogP contribution in [0.3, 0.4) is 0 Å². The van der Waals surface area contributed by atoms with Crippen LogP contribution in [0.1, 0.15) is 38.2 Å². The summed E-state index contributed by atoms with van der Waals surface area (Å²) in [4.78, 5) is 12.2. The first-order chi connectivity index (χ1) is 8.19. The molecule has 1 fully saturated rings. The molecule has 0 aromatic heterocycles. The standard InChI is InChI=1S/C14H18ClNO/c1-2-10-16-13(17)14(8-3-9-14)11-4-6-12(15)7-5-11/h4-7H,2-3,8-10H2,1H3,(H,16,17). The van der Waals surface area contributed by atoms with Crippen LogP contribution in [0.4, 0.5) is 0 Å². The van der Waals surface area contributed by atoms with Gasteiger partial charge in [0, 0.05) is 11.6 Å². The van der Waals surface area contributed by atoms with Crippen molar-refractivity contribution in [1.82, 2.24) is 5.32 Å². The van der Waals surface area contributed by atoms with E-state index in [1.807, 2.05) is 24.3 Å². The molecule has 1 aromatic rings. The van der Waals surface area contributed by atoms with Gasteiger partial charge in [-0.2, -0.15) is 0 Å². The van der Waals surface area contributed by atoms with Crippen molar-refractivity contribution in [3.63, 3.8) is 0 Å². The lowest BCUT2D eigenvalue weighted by molar-refractivity contribution is -0.129. The highest BCUT2D eigenvalue weighted by Gasteiger charge is 2.45. The fraction of sp³-hybridized carbons (Fsp3) is 0.500. The second-order valence-electron chi connectivity index (χ2n) is 4.70. The monoisotopic (exact) mass is 251 g/mol. The molecule has 1 aliphatic rings. The zero-order valence-electron chi connectivity index (χ0n) is 10.1. The number of carbonyl (C=O) groups excluding carboxylic acids is 1. The number of halogens is 1. The molecule has 92 valence electrons. The van der Waals surface area contributed by atoms with Gasteiger partial charge in [0.2, 0.25) is 5.91 Å². The number of benzene rings is 1. The fourth-order valence-corrected chi connectivity index (χ4v) is 2.48. The zero-order valence-corrected chi connectivity index (χ0v) is 10.9. The molecular weight excluding hydrogens is 234 g/mol. The molecule has 2 nitrogen and oxygen atoms in total. The van der Waals surface area contributed by atoms with Gasteiger partial charge in [0.05, 0.1) is 5.41 Å². The summed E-state index contributed by atoms with van der Waals surface area (Å²) in [7, 11) is 0. The molecule has 0 heterocycles. The van der Waals surface area contributed by atoms with Gasteiger partial charge < -0.3 is 5.32 Å². The molecule has 1 saturated carbocycles. The third kappa shape index (κ3) is 2.32. The summed E-state index contributed by atoms with van der Waals surface area (Å²) in [5, 5.41) is 3.74. The van der Waals surface area contributed by atoms with Gasteiger partial charge in [-0.25, -0.2) is 0 Å². The number of carbonyl (C=O) groups is 1. The Morgan fingerprint density at radius 3 is 2.47 bits per heavy atom. The predicted molar refractivity (Wildman–Crippen MR) is 70.3 cm³/mol. The van der Waals surface area contributed by atoms with Gasteiger partial charge in [0.1, 0.15) is 0 Å².